The number of carboxylic acid groups (broad SMARTS) is 1. The monoisotopic (exact) mass is 331 g/mol. The minimum atomic E-state index is -1.03. The number of aromatic carboxylic acids is 1. The SMILES string of the molecule is O=C1NC(=S)S/C1=C/c1ccc(-c2ccccc2C(=O)O)o1. The number of carbonyl (C=O) groups is 2. The van der Waals surface area contributed by atoms with Crippen LogP contribution in [-0.4, -0.2) is 21.3 Å². The predicted octanol–water partition coefficient (Wildman–Crippen LogP) is 3.13. The lowest BCUT2D eigenvalue weighted by Gasteiger charge is -2.01. The summed E-state index contributed by atoms with van der Waals surface area (Å²) in [5.41, 5.74) is 0.643. The van der Waals surface area contributed by atoms with E-state index >= 15 is 0 Å². The van der Waals surface area contributed by atoms with Crippen molar-refractivity contribution in [1.29, 1.82) is 0 Å². The first kappa shape index (κ1) is 14.6. The van der Waals surface area contributed by atoms with Crippen LogP contribution in [-0.2, 0) is 4.79 Å². The summed E-state index contributed by atoms with van der Waals surface area (Å²) in [5, 5.41) is 11.7. The zero-order valence-electron chi connectivity index (χ0n) is 11.0. The molecule has 0 aliphatic carbocycles. The summed E-state index contributed by atoms with van der Waals surface area (Å²) in [5.74, 6) is -0.407. The second-order valence-electron chi connectivity index (χ2n) is 4.40. The number of furan rings is 1. The van der Waals surface area contributed by atoms with Crippen molar-refractivity contribution in [3.8, 4) is 11.3 Å². The Bertz CT molecular complexity index is 822. The summed E-state index contributed by atoms with van der Waals surface area (Å²) in [6, 6.07) is 9.92. The quantitative estimate of drug-likeness (QED) is 0.664. The lowest BCUT2D eigenvalue weighted by molar-refractivity contribution is -0.115. The van der Waals surface area contributed by atoms with Gasteiger partial charge in [-0.1, -0.05) is 42.2 Å². The number of benzene rings is 1. The van der Waals surface area contributed by atoms with Crippen molar-refractivity contribution in [3.63, 3.8) is 0 Å². The molecule has 3 rings (SSSR count). The standard InChI is InChI=1S/C15H9NO4S2/c17-13-12(22-15(21)16-13)7-8-5-6-11(20-8)9-3-1-2-4-10(9)14(18)19/h1-7H,(H,18,19)(H,16,17,21)/b12-7+. The second kappa shape index (κ2) is 5.78. The third kappa shape index (κ3) is 2.81. The molecule has 1 aliphatic rings. The van der Waals surface area contributed by atoms with Crippen LogP contribution in [0.15, 0.2) is 45.7 Å². The molecule has 1 aromatic carbocycles. The van der Waals surface area contributed by atoms with E-state index in [1.807, 2.05) is 0 Å². The highest BCUT2D eigenvalue weighted by molar-refractivity contribution is 8.26. The Morgan fingerprint density at radius 1 is 1.27 bits per heavy atom. The molecule has 2 heterocycles. The summed E-state index contributed by atoms with van der Waals surface area (Å²) in [4.78, 5) is 23.3. The predicted molar refractivity (Wildman–Crippen MR) is 87.4 cm³/mol. The molecular weight excluding hydrogens is 322 g/mol. The Kier molecular flexibility index (Phi) is 3.82. The van der Waals surface area contributed by atoms with Crippen LogP contribution >= 0.6 is 24.0 Å². The minimum absolute atomic E-state index is 0.158. The number of rotatable bonds is 3. The molecule has 0 radical (unpaired) electrons. The molecule has 0 spiro atoms. The van der Waals surface area contributed by atoms with Crippen LogP contribution in [0.1, 0.15) is 16.1 Å². The van der Waals surface area contributed by atoms with Crippen molar-refractivity contribution in [2.75, 3.05) is 0 Å². The van der Waals surface area contributed by atoms with Gasteiger partial charge in [0.2, 0.25) is 0 Å². The summed E-state index contributed by atoms with van der Waals surface area (Å²) in [7, 11) is 0. The molecule has 0 bridgehead atoms. The van der Waals surface area contributed by atoms with Gasteiger partial charge in [-0.15, -0.1) is 0 Å². The van der Waals surface area contributed by atoms with Crippen molar-refractivity contribution in [2.45, 2.75) is 0 Å². The maximum atomic E-state index is 11.6. The molecule has 2 N–H and O–H groups in total. The molecular formula is C15H9NO4S2. The van der Waals surface area contributed by atoms with E-state index in [1.165, 1.54) is 6.07 Å². The summed E-state index contributed by atoms with van der Waals surface area (Å²) in [6.07, 6.45) is 1.58. The van der Waals surface area contributed by atoms with Crippen LogP contribution in [0.25, 0.3) is 17.4 Å². The van der Waals surface area contributed by atoms with Gasteiger partial charge in [0.1, 0.15) is 15.8 Å². The van der Waals surface area contributed by atoms with Crippen molar-refractivity contribution in [2.24, 2.45) is 0 Å². The fourth-order valence-electron chi connectivity index (χ4n) is 2.01. The van der Waals surface area contributed by atoms with Crippen molar-refractivity contribution in [1.82, 2.24) is 5.32 Å². The van der Waals surface area contributed by atoms with Crippen LogP contribution in [0.2, 0.25) is 0 Å². The largest absolute Gasteiger partial charge is 0.478 e. The maximum absolute atomic E-state index is 11.6. The molecule has 0 unspecified atom stereocenters. The topological polar surface area (TPSA) is 79.5 Å². The van der Waals surface area contributed by atoms with Gasteiger partial charge in [-0.3, -0.25) is 4.79 Å². The lowest BCUT2D eigenvalue weighted by Crippen LogP contribution is -2.17. The highest BCUT2D eigenvalue weighted by Crippen LogP contribution is 2.30. The van der Waals surface area contributed by atoms with Crippen LogP contribution < -0.4 is 5.32 Å². The number of carbonyl (C=O) groups excluding carboxylic acids is 1. The van der Waals surface area contributed by atoms with Crippen LogP contribution in [0, 0.1) is 0 Å². The Labute approximate surface area is 135 Å². The molecule has 0 saturated carbocycles. The Balaban J connectivity index is 1.95. The van der Waals surface area contributed by atoms with Crippen LogP contribution in [0.5, 0.6) is 0 Å². The second-order valence-corrected chi connectivity index (χ2v) is 6.12. The van der Waals surface area contributed by atoms with Gasteiger partial charge in [-0.05, 0) is 18.2 Å². The Hall–Kier alpha value is -2.38. The van der Waals surface area contributed by atoms with E-state index in [9.17, 15) is 14.7 Å². The molecule has 7 heteroatoms. The molecule has 1 amide bonds. The third-order valence-electron chi connectivity index (χ3n) is 2.97. The molecule has 110 valence electrons. The number of thioether (sulfide) groups is 1. The van der Waals surface area contributed by atoms with Crippen molar-refractivity contribution in [3.05, 3.63) is 52.6 Å². The number of carboxylic acids is 1. The minimum Gasteiger partial charge on any atom is -0.478 e. The molecule has 0 atom stereocenters. The van der Waals surface area contributed by atoms with E-state index in [-0.39, 0.29) is 11.5 Å². The summed E-state index contributed by atoms with van der Waals surface area (Å²) >= 11 is 6.07. The highest BCUT2D eigenvalue weighted by atomic mass is 32.2. The average Bonchev–Trinajstić information content (AvgIpc) is 3.06. The molecule has 1 saturated heterocycles. The van der Waals surface area contributed by atoms with E-state index < -0.39 is 5.97 Å². The van der Waals surface area contributed by atoms with E-state index in [0.29, 0.717) is 26.3 Å². The fraction of sp³-hybridized carbons (Fsp3) is 0. The first-order valence-corrected chi connectivity index (χ1v) is 7.44. The van der Waals surface area contributed by atoms with Crippen molar-refractivity contribution < 1.29 is 19.1 Å². The Morgan fingerprint density at radius 3 is 2.73 bits per heavy atom. The van der Waals surface area contributed by atoms with Gasteiger partial charge in [0, 0.05) is 11.6 Å². The van der Waals surface area contributed by atoms with Gasteiger partial charge in [0.05, 0.1) is 10.5 Å². The first-order chi connectivity index (χ1) is 10.5. The molecule has 2 aromatic rings. The van der Waals surface area contributed by atoms with Gasteiger partial charge in [0.15, 0.2) is 0 Å². The zero-order valence-corrected chi connectivity index (χ0v) is 12.7. The van der Waals surface area contributed by atoms with E-state index in [1.54, 1.807) is 36.4 Å². The highest BCUT2D eigenvalue weighted by Gasteiger charge is 2.22. The molecule has 1 aromatic heterocycles. The van der Waals surface area contributed by atoms with Gasteiger partial charge in [-0.25, -0.2) is 4.79 Å². The number of hydrogen-bond donors (Lipinski definition) is 2. The molecule has 1 aliphatic heterocycles. The summed E-state index contributed by atoms with van der Waals surface area (Å²) < 4.78 is 6.03. The fourth-order valence-corrected chi connectivity index (χ4v) is 3.03. The molecule has 5 nitrogen and oxygen atoms in total. The van der Waals surface area contributed by atoms with Crippen LogP contribution in [0.3, 0.4) is 0 Å². The average molecular weight is 331 g/mol. The normalized spacial score (nSPS) is 16.1. The van der Waals surface area contributed by atoms with Gasteiger partial charge in [0.25, 0.3) is 5.91 Å². The third-order valence-corrected chi connectivity index (χ3v) is 4.13. The summed E-state index contributed by atoms with van der Waals surface area (Å²) in [6.45, 7) is 0. The van der Waals surface area contributed by atoms with E-state index in [4.69, 9.17) is 16.6 Å². The van der Waals surface area contributed by atoms with Crippen LogP contribution in [0.4, 0.5) is 0 Å². The van der Waals surface area contributed by atoms with Gasteiger partial charge < -0.3 is 14.8 Å². The van der Waals surface area contributed by atoms with Crippen molar-refractivity contribution >= 4 is 46.3 Å². The lowest BCUT2D eigenvalue weighted by atomic mass is 10.1. The first-order valence-electron chi connectivity index (χ1n) is 6.22. The number of nitrogens with one attached hydrogen (secondary N) is 1. The zero-order chi connectivity index (χ0) is 15.7. The smallest absolute Gasteiger partial charge is 0.336 e. The molecule has 22 heavy (non-hydrogen) atoms. The maximum Gasteiger partial charge on any atom is 0.336 e. The number of amides is 1. The number of thiocarbonyl (C=S) groups is 1. The van der Waals surface area contributed by atoms with Gasteiger partial charge in [-0.2, -0.15) is 0 Å². The molecule has 1 fully saturated rings. The Morgan fingerprint density at radius 2 is 2.05 bits per heavy atom. The van der Waals surface area contributed by atoms with E-state index in [0.717, 1.165) is 11.8 Å². The van der Waals surface area contributed by atoms with Gasteiger partial charge >= 0.3 is 5.97 Å². The number of hydrogen-bond acceptors (Lipinski definition) is 5. The van der Waals surface area contributed by atoms with E-state index in [2.05, 4.69) is 5.32 Å².